The highest BCUT2D eigenvalue weighted by molar-refractivity contribution is 5.77. The summed E-state index contributed by atoms with van der Waals surface area (Å²) < 4.78 is 114. The zero-order chi connectivity index (χ0) is 96.9. The number of carbonyl (C=O) groups excluding carboxylic acids is 5. The topological polar surface area (TPSA) is 904 Å². The molecule has 10 aliphatic heterocycles. The number of amides is 5. The Hall–Kier alpha value is -5.02. The van der Waals surface area contributed by atoms with Crippen molar-refractivity contribution in [2.45, 2.75) is 360 Å². The largest absolute Gasteiger partial charge is 0.477 e. The number of hydrogen-bond donors (Lipinski definition) is 33. The molecule has 0 aromatic carbocycles. The molecule has 5 amide bonds. The molecule has 10 saturated heterocycles. The highest BCUT2D eigenvalue weighted by atomic mass is 16.8. The summed E-state index contributed by atoms with van der Waals surface area (Å²) in [6.07, 6.45) is -98.5. The van der Waals surface area contributed by atoms with E-state index in [0.717, 1.165) is 34.6 Å². The summed E-state index contributed by atoms with van der Waals surface area (Å²) >= 11 is 0. The molecule has 10 fully saturated rings. The summed E-state index contributed by atoms with van der Waals surface area (Å²) in [5, 5.41) is 325. The van der Waals surface area contributed by atoms with Gasteiger partial charge in [0.15, 0.2) is 56.6 Å². The van der Waals surface area contributed by atoms with Crippen LogP contribution in [0.5, 0.6) is 0 Å². The third kappa shape index (κ3) is 24.1. The van der Waals surface area contributed by atoms with Crippen molar-refractivity contribution in [2.24, 2.45) is 0 Å². The summed E-state index contributed by atoms with van der Waals surface area (Å²) in [4.78, 5) is 78.6. The Morgan fingerprint density at radius 1 is 0.328 bits per heavy atom. The molecule has 1 unspecified atom stereocenters. The lowest BCUT2D eigenvalue weighted by molar-refractivity contribution is -0.395. The molecule has 33 N–H and O–H groups in total. The van der Waals surface area contributed by atoms with Crippen LogP contribution in [0.3, 0.4) is 0 Å². The minimum absolute atomic E-state index is 0.856. The first-order chi connectivity index (χ1) is 61.7. The number of carboxylic acid groups (broad SMARTS) is 1. The highest BCUT2D eigenvalue weighted by Gasteiger charge is 2.64. The van der Waals surface area contributed by atoms with Crippen molar-refractivity contribution in [1.29, 1.82) is 0 Å². The quantitative estimate of drug-likeness (QED) is 0.0280. The predicted molar refractivity (Wildman–Crippen MR) is 403 cm³/mol. The van der Waals surface area contributed by atoms with Crippen LogP contribution >= 0.6 is 0 Å². The third-order valence-corrected chi connectivity index (χ3v) is 23.8. The fraction of sp³-hybridized carbons (Fsp3) is 0.918. The monoisotopic (exact) mass is 1920 g/mol. The van der Waals surface area contributed by atoms with E-state index in [2.05, 4.69) is 26.6 Å². The fourth-order valence-electron chi connectivity index (χ4n) is 16.9. The van der Waals surface area contributed by atoms with Gasteiger partial charge in [-0.1, -0.05) is 0 Å². The van der Waals surface area contributed by atoms with Crippen molar-refractivity contribution < 1.29 is 262 Å². The predicted octanol–water partition coefficient (Wildman–Crippen LogP) is -21.9. The van der Waals surface area contributed by atoms with Crippen molar-refractivity contribution in [3.05, 3.63) is 0 Å². The van der Waals surface area contributed by atoms with E-state index in [9.17, 15) is 172 Å². The molecule has 58 nitrogen and oxygen atoms in total. The van der Waals surface area contributed by atoms with Crippen molar-refractivity contribution in [3.8, 4) is 0 Å². The van der Waals surface area contributed by atoms with Gasteiger partial charge in [-0.2, -0.15) is 0 Å². The molecule has 10 heterocycles. The molecule has 0 spiro atoms. The molecule has 0 aromatic heterocycles. The molecule has 0 saturated carbocycles. The second kappa shape index (κ2) is 46.6. The van der Waals surface area contributed by atoms with E-state index < -0.39 is 414 Å². The fourth-order valence-corrected chi connectivity index (χ4v) is 16.9. The maximum absolute atomic E-state index is 13.8. The van der Waals surface area contributed by atoms with E-state index >= 15 is 0 Å². The Balaban J connectivity index is 0.998. The maximum Gasteiger partial charge on any atom is 0.364 e. The normalized spacial score (nSPS) is 47.5. The zero-order valence-corrected chi connectivity index (χ0v) is 70.7. The minimum atomic E-state index is -3.33. The molecule has 0 aromatic rings. The molecule has 0 radical (unpaired) electrons. The Morgan fingerprint density at radius 3 is 1.17 bits per heavy atom. The van der Waals surface area contributed by atoms with Gasteiger partial charge in [0.05, 0.1) is 77.7 Å². The van der Waals surface area contributed by atoms with Crippen LogP contribution in [0.15, 0.2) is 0 Å². The third-order valence-electron chi connectivity index (χ3n) is 23.8. The van der Waals surface area contributed by atoms with Gasteiger partial charge in [0, 0.05) is 41.0 Å². The minimum Gasteiger partial charge on any atom is -0.477 e. The lowest BCUT2D eigenvalue weighted by atomic mass is 9.88. The van der Waals surface area contributed by atoms with E-state index in [1.165, 1.54) is 6.92 Å². The van der Waals surface area contributed by atoms with Gasteiger partial charge >= 0.3 is 5.97 Å². The first kappa shape index (κ1) is 108. The number of aliphatic carboxylic acids is 1. The van der Waals surface area contributed by atoms with Crippen LogP contribution < -0.4 is 26.6 Å². The van der Waals surface area contributed by atoms with Crippen LogP contribution in [0.4, 0.5) is 0 Å². The number of rotatable bonds is 35. The summed E-state index contributed by atoms with van der Waals surface area (Å²) in [5.41, 5.74) is 0. The van der Waals surface area contributed by atoms with Gasteiger partial charge in [0.2, 0.25) is 29.5 Å². The molecule has 51 atom stereocenters. The van der Waals surface area contributed by atoms with E-state index in [1.54, 1.807) is 0 Å². The Morgan fingerprint density at radius 2 is 0.679 bits per heavy atom. The van der Waals surface area contributed by atoms with Gasteiger partial charge in [-0.3, -0.25) is 24.0 Å². The lowest BCUT2D eigenvalue weighted by Gasteiger charge is -2.52. The number of carboxylic acids is 1. The summed E-state index contributed by atoms with van der Waals surface area (Å²) in [5.74, 6) is -10.5. The molecule has 756 valence electrons. The van der Waals surface area contributed by atoms with Crippen LogP contribution in [0.2, 0.25) is 0 Å². The lowest BCUT2D eigenvalue weighted by Crippen LogP contribution is -2.72. The number of carbonyl (C=O) groups is 6. The summed E-state index contributed by atoms with van der Waals surface area (Å²) in [6, 6.07) is -9.99. The highest BCUT2D eigenvalue weighted by Crippen LogP contribution is 2.43. The van der Waals surface area contributed by atoms with Gasteiger partial charge in [-0.15, -0.1) is 0 Å². The number of nitrogens with one attached hydrogen (secondary N) is 5. The maximum atomic E-state index is 13.8. The van der Waals surface area contributed by atoms with E-state index in [1.807, 2.05) is 0 Å². The Bertz CT molecular complexity index is 3660. The molecular weight excluding hydrogens is 1790 g/mol. The number of hydrogen-bond acceptors (Lipinski definition) is 52. The van der Waals surface area contributed by atoms with E-state index in [0.29, 0.717) is 0 Å². The first-order valence-corrected chi connectivity index (χ1v) is 41.6. The van der Waals surface area contributed by atoms with Crippen LogP contribution in [0.1, 0.15) is 48.0 Å². The second-order valence-corrected chi connectivity index (χ2v) is 33.2. The average Bonchev–Trinajstić information content (AvgIpc) is 0.746. The molecule has 10 rings (SSSR count). The summed E-state index contributed by atoms with van der Waals surface area (Å²) in [7, 11) is 0. The number of aliphatic hydroxyl groups excluding tert-OH is 27. The Labute approximate surface area is 741 Å². The Kier molecular flexibility index (Phi) is 38.4. The van der Waals surface area contributed by atoms with Gasteiger partial charge in [-0.25, -0.2) is 4.79 Å². The second-order valence-electron chi connectivity index (χ2n) is 33.2. The number of aliphatic hydroxyl groups is 27. The SMILES string of the molecule is CC(=O)N[C@H]1[C@H](O[C@@H]2[C@@H](OC[C@H]3O[C@@H](O[C@H]4[C@H](O)[C@@H](NC(C)=O)C(O)O[C@@H]4CO[C@@H]4O[C@@H](C)[C@@H](O)[C@@H](O)[C@@H]4O)[C@H](NC(C)=O)[C@@H](O[C@H]4O[C@H](CO)[C@@H](O)[C@H](O)[C@@H]4O[C@@H]4O[C@H](CO)[C@@H](O[C@@H]5O[C@H](CO)[C@H](O)[C@H](O[C@]6(C(=O)O)C[C@H](O)[C@@H](NC(C)=O)[C@H]([C@H](O)[C@H](O)CO)O6)[C@H]5O)[C@H](O)[C@H]4NC(C)=O)[C@@H]3O)O[C@H](CO)[C@@H](O)[C@@H]2O)O[C@H](CO)[C@@H](O[C@@H]2O[C@H](CO)[C@H](O)[C@H](O)[C@H]2O)[C@@H]1O. The zero-order valence-electron chi connectivity index (χ0n) is 70.7. The van der Waals surface area contributed by atoms with E-state index in [-0.39, 0.29) is 0 Å². The van der Waals surface area contributed by atoms with Gasteiger partial charge in [0.1, 0.15) is 232 Å². The van der Waals surface area contributed by atoms with Crippen molar-refractivity contribution in [3.63, 3.8) is 0 Å². The first-order valence-electron chi connectivity index (χ1n) is 41.6. The van der Waals surface area contributed by atoms with Gasteiger partial charge in [0.25, 0.3) is 5.79 Å². The molecule has 0 aliphatic carbocycles. The van der Waals surface area contributed by atoms with Gasteiger partial charge < -0.3 is 260 Å². The average molecular weight is 1920 g/mol. The van der Waals surface area contributed by atoms with Crippen molar-refractivity contribution >= 4 is 35.5 Å². The molecule has 10 aliphatic rings. The molecule has 0 bridgehead atoms. The van der Waals surface area contributed by atoms with Crippen molar-refractivity contribution in [2.75, 3.05) is 59.5 Å². The van der Waals surface area contributed by atoms with Crippen LogP contribution in [-0.2, 0) is 119 Å². The molecular formula is C73H121N5O53. The molecule has 58 heteroatoms. The van der Waals surface area contributed by atoms with E-state index in [4.69, 9.17) is 90.0 Å². The summed E-state index contributed by atoms with van der Waals surface area (Å²) in [6.45, 7) is -4.75. The van der Waals surface area contributed by atoms with Crippen LogP contribution in [0, 0.1) is 0 Å². The van der Waals surface area contributed by atoms with Gasteiger partial charge in [-0.05, 0) is 6.92 Å². The number of ether oxygens (including phenoxy) is 19. The smallest absolute Gasteiger partial charge is 0.364 e. The van der Waals surface area contributed by atoms with Crippen molar-refractivity contribution in [1.82, 2.24) is 26.6 Å². The van der Waals surface area contributed by atoms with Crippen LogP contribution in [0.25, 0.3) is 0 Å². The standard InChI is InChI=1S/C73H121N5O53/c1-17-38(93)48(103)52(107)67(115-17)113-16-32-57(45(100)34(63(110)116-32)75-19(3)87)124-66-37(78-22(6)90)58(44(99)31(123-66)15-114-70-61(50(105)41(96)26(10-81)119-70)128-64-35(76-20(4)88)46(101)55(29(13-84)121-64)125-68-53(108)49(104)40(95)25(9-80)117-68)127-71-62(51(106)42(97)27(11-82)120-71)129-65-36(77-21(5)89)47(102)56(30(14-85)122-65)126-69-54(109)60(43(98)28(12-83)118-69)131-73(72(111)112)7-23(91)33(74-18(2)86)59(130-73)39(94)24(92)8-79/h17,23-71,79-85,91-110H,7-16H2,1-6H3,(H,74,86)(H,75,87)(H,76,88)(H,77,89)(H,78,90)(H,111,112)/t17-,23-,24+,25+,26+,27+,28+,29+,30+,31+,32+,33+,34+,35+,36+,37+,38+,39+,40-,41+,42+,43-,44+,45+,46+,47+,48+,49-,50-,51-,52-,53+,54+,55+,56+,57+,58+,59+,60-,61-,62-,63?,64-,65-,66-,67+,68-,69-,70-,71+,73-/m0/s1. The molecule has 131 heavy (non-hydrogen) atoms. The van der Waals surface area contributed by atoms with Crippen LogP contribution in [-0.4, -0.2) is 550 Å².